The number of amides is 1. The predicted molar refractivity (Wildman–Crippen MR) is 132 cm³/mol. The number of aliphatic hydroxyl groups excluding tert-OH is 1. The van der Waals surface area contributed by atoms with Crippen molar-refractivity contribution in [3.63, 3.8) is 0 Å². The normalized spacial score (nSPS) is 20.6. The number of fused-ring (bicyclic) bond motifs is 1. The summed E-state index contributed by atoms with van der Waals surface area (Å²) in [4.78, 5) is 28.3. The first kappa shape index (κ1) is 22.7. The maximum atomic E-state index is 13.4. The van der Waals surface area contributed by atoms with Crippen LogP contribution in [0.25, 0.3) is 5.76 Å². The number of ether oxygens (including phenoxy) is 2. The molecule has 6 heteroatoms. The van der Waals surface area contributed by atoms with Crippen molar-refractivity contribution in [3.05, 3.63) is 100 Å². The Morgan fingerprint density at radius 2 is 1.83 bits per heavy atom. The molecular formula is C29H27NO5. The van der Waals surface area contributed by atoms with Gasteiger partial charge in [-0.2, -0.15) is 0 Å². The van der Waals surface area contributed by atoms with E-state index in [9.17, 15) is 14.7 Å². The maximum Gasteiger partial charge on any atom is 0.295 e. The van der Waals surface area contributed by atoms with Gasteiger partial charge in [0.1, 0.15) is 23.4 Å². The first-order valence-corrected chi connectivity index (χ1v) is 11.6. The maximum absolute atomic E-state index is 13.4. The number of likely N-dealkylation sites (tertiary alicyclic amines) is 1. The second-order valence-electron chi connectivity index (χ2n) is 9.05. The van der Waals surface area contributed by atoms with Crippen molar-refractivity contribution in [2.45, 2.75) is 39.0 Å². The monoisotopic (exact) mass is 469 g/mol. The molecule has 0 aliphatic carbocycles. The van der Waals surface area contributed by atoms with Gasteiger partial charge in [-0.15, -0.1) is 0 Å². The summed E-state index contributed by atoms with van der Waals surface area (Å²) in [5, 5.41) is 11.4. The van der Waals surface area contributed by atoms with Crippen LogP contribution >= 0.6 is 0 Å². The highest BCUT2D eigenvalue weighted by Crippen LogP contribution is 2.42. The zero-order valence-corrected chi connectivity index (χ0v) is 19.9. The van der Waals surface area contributed by atoms with E-state index < -0.39 is 17.7 Å². The molecule has 2 aliphatic heterocycles. The van der Waals surface area contributed by atoms with Gasteiger partial charge >= 0.3 is 0 Å². The largest absolute Gasteiger partial charge is 0.507 e. The molecule has 0 spiro atoms. The third kappa shape index (κ3) is 3.95. The smallest absolute Gasteiger partial charge is 0.295 e. The molecule has 5 rings (SSSR count). The number of aliphatic hydroxyl groups is 1. The zero-order chi connectivity index (χ0) is 24.7. The van der Waals surface area contributed by atoms with E-state index in [1.807, 2.05) is 74.5 Å². The van der Waals surface area contributed by atoms with E-state index in [1.54, 1.807) is 13.2 Å². The average Bonchev–Trinajstić information content (AvgIpc) is 3.35. The van der Waals surface area contributed by atoms with E-state index >= 15 is 0 Å². The topological polar surface area (TPSA) is 76.1 Å². The summed E-state index contributed by atoms with van der Waals surface area (Å²) < 4.78 is 11.3. The second kappa shape index (κ2) is 8.95. The number of carbonyl (C=O) groups excluding carboxylic acids is 2. The molecule has 3 aromatic carbocycles. The number of ketones is 1. The second-order valence-corrected chi connectivity index (χ2v) is 9.05. The Bertz CT molecular complexity index is 1360. The quantitative estimate of drug-likeness (QED) is 0.325. The Kier molecular flexibility index (Phi) is 5.81. The van der Waals surface area contributed by atoms with Crippen molar-refractivity contribution < 1.29 is 24.2 Å². The highest BCUT2D eigenvalue weighted by atomic mass is 16.5. The Morgan fingerprint density at radius 1 is 1.09 bits per heavy atom. The van der Waals surface area contributed by atoms with Crippen LogP contribution in [-0.4, -0.2) is 34.9 Å². The van der Waals surface area contributed by atoms with Gasteiger partial charge in [0.25, 0.3) is 11.7 Å². The molecule has 1 saturated heterocycles. The lowest BCUT2D eigenvalue weighted by molar-refractivity contribution is -0.140. The van der Waals surface area contributed by atoms with Gasteiger partial charge in [-0.1, -0.05) is 42.5 Å². The number of aryl methyl sites for hydroxylation is 1. The first-order valence-electron chi connectivity index (χ1n) is 11.6. The number of benzene rings is 3. The highest BCUT2D eigenvalue weighted by Gasteiger charge is 2.46. The van der Waals surface area contributed by atoms with Crippen molar-refractivity contribution in [3.8, 4) is 11.5 Å². The lowest BCUT2D eigenvalue weighted by atomic mass is 9.92. The molecular weight excluding hydrogens is 442 g/mol. The molecule has 1 fully saturated rings. The van der Waals surface area contributed by atoms with Crippen molar-refractivity contribution in [1.29, 1.82) is 0 Å². The van der Waals surface area contributed by atoms with Crippen LogP contribution in [-0.2, 0) is 22.6 Å². The number of nitrogens with zero attached hydrogens (tertiary/aromatic N) is 1. The molecule has 178 valence electrons. The molecule has 2 aliphatic rings. The average molecular weight is 470 g/mol. The predicted octanol–water partition coefficient (Wildman–Crippen LogP) is 4.95. The standard InChI is InChI=1S/C29H27NO5/c1-17-8-4-6-10-22(17)26-25(27(31)19-12-13-24-21(15-19)14-18(2)35-24)28(32)29(33)30(26)16-20-9-5-7-11-23(20)34-3/h4-13,15,18,26,31H,14,16H2,1-3H3/b27-25+. The van der Waals surface area contributed by atoms with Gasteiger partial charge < -0.3 is 19.5 Å². The number of para-hydroxylation sites is 1. The lowest BCUT2D eigenvalue weighted by Gasteiger charge is -2.27. The van der Waals surface area contributed by atoms with E-state index in [4.69, 9.17) is 9.47 Å². The number of hydrogen-bond donors (Lipinski definition) is 1. The lowest BCUT2D eigenvalue weighted by Crippen LogP contribution is -2.29. The summed E-state index contributed by atoms with van der Waals surface area (Å²) in [5.74, 6) is -0.118. The van der Waals surface area contributed by atoms with Crippen LogP contribution in [0.1, 0.15) is 40.8 Å². The minimum atomic E-state index is -0.732. The van der Waals surface area contributed by atoms with Crippen LogP contribution in [0.2, 0.25) is 0 Å². The fraction of sp³-hybridized carbons (Fsp3) is 0.241. The van der Waals surface area contributed by atoms with Gasteiger partial charge in [0.05, 0.1) is 25.3 Å². The molecule has 0 radical (unpaired) electrons. The summed E-state index contributed by atoms with van der Waals surface area (Å²) in [6.45, 7) is 4.09. The van der Waals surface area contributed by atoms with Gasteiger partial charge in [-0.05, 0) is 54.8 Å². The van der Waals surface area contributed by atoms with Crippen molar-refractivity contribution in [2.75, 3.05) is 7.11 Å². The summed E-state index contributed by atoms with van der Waals surface area (Å²) in [5.41, 5.74) is 4.05. The molecule has 6 nitrogen and oxygen atoms in total. The molecule has 2 heterocycles. The van der Waals surface area contributed by atoms with E-state index in [0.717, 1.165) is 34.4 Å². The Balaban J connectivity index is 1.65. The number of carbonyl (C=O) groups is 2. The molecule has 2 unspecified atom stereocenters. The Labute approximate surface area is 204 Å². The van der Waals surface area contributed by atoms with E-state index in [-0.39, 0.29) is 24.0 Å². The van der Waals surface area contributed by atoms with Crippen molar-refractivity contribution in [1.82, 2.24) is 4.90 Å². The van der Waals surface area contributed by atoms with Crippen LogP contribution in [0.15, 0.2) is 72.3 Å². The zero-order valence-electron chi connectivity index (χ0n) is 19.9. The summed E-state index contributed by atoms with van der Waals surface area (Å²) in [6, 6.07) is 19.7. The highest BCUT2D eigenvalue weighted by molar-refractivity contribution is 6.46. The van der Waals surface area contributed by atoms with Crippen molar-refractivity contribution in [2.24, 2.45) is 0 Å². The van der Waals surface area contributed by atoms with Crippen LogP contribution < -0.4 is 9.47 Å². The van der Waals surface area contributed by atoms with Crippen molar-refractivity contribution >= 4 is 17.4 Å². The molecule has 3 aromatic rings. The summed E-state index contributed by atoms with van der Waals surface area (Å²) in [6.07, 6.45) is 0.778. The molecule has 35 heavy (non-hydrogen) atoms. The summed E-state index contributed by atoms with van der Waals surface area (Å²) in [7, 11) is 1.57. The minimum absolute atomic E-state index is 0.0563. The van der Waals surface area contributed by atoms with Crippen LogP contribution in [0.5, 0.6) is 11.5 Å². The van der Waals surface area contributed by atoms with Crippen LogP contribution in [0.3, 0.4) is 0 Å². The van der Waals surface area contributed by atoms with Crippen LogP contribution in [0.4, 0.5) is 0 Å². The number of hydrogen-bond acceptors (Lipinski definition) is 5. The Hall–Kier alpha value is -4.06. The molecule has 0 saturated carbocycles. The van der Waals surface area contributed by atoms with Gasteiger partial charge in [0.15, 0.2) is 0 Å². The fourth-order valence-corrected chi connectivity index (χ4v) is 5.00. The SMILES string of the molecule is COc1ccccc1CN1C(=O)C(=O)/C(=C(/O)c2ccc3c(c2)CC(C)O3)C1c1ccccc1C. The van der Waals surface area contributed by atoms with Gasteiger partial charge in [0, 0.05) is 17.5 Å². The molecule has 0 bridgehead atoms. The molecule has 1 amide bonds. The number of Topliss-reactive ketones (excluding diaryl/α,β-unsaturated/α-hetero) is 1. The summed E-state index contributed by atoms with van der Waals surface area (Å²) >= 11 is 0. The molecule has 2 atom stereocenters. The van der Waals surface area contributed by atoms with Gasteiger partial charge in [0.2, 0.25) is 0 Å². The molecule has 1 N–H and O–H groups in total. The third-order valence-electron chi connectivity index (χ3n) is 6.73. The number of rotatable bonds is 5. The van der Waals surface area contributed by atoms with Crippen LogP contribution in [0, 0.1) is 6.92 Å². The number of methoxy groups -OCH3 is 1. The first-order chi connectivity index (χ1) is 16.9. The minimum Gasteiger partial charge on any atom is -0.507 e. The Morgan fingerprint density at radius 3 is 2.60 bits per heavy atom. The molecule has 0 aromatic heterocycles. The third-order valence-corrected chi connectivity index (χ3v) is 6.73. The van der Waals surface area contributed by atoms with E-state index in [2.05, 4.69) is 0 Å². The fourth-order valence-electron chi connectivity index (χ4n) is 5.00. The van der Waals surface area contributed by atoms with Gasteiger partial charge in [-0.25, -0.2) is 0 Å². The van der Waals surface area contributed by atoms with E-state index in [1.165, 1.54) is 4.90 Å². The van der Waals surface area contributed by atoms with E-state index in [0.29, 0.717) is 11.3 Å². The van der Waals surface area contributed by atoms with Gasteiger partial charge in [-0.3, -0.25) is 9.59 Å².